The zero-order valence-corrected chi connectivity index (χ0v) is 21.4. The lowest BCUT2D eigenvalue weighted by atomic mass is 10.0. The molecule has 0 radical (unpaired) electrons. The Morgan fingerprint density at radius 2 is 1.73 bits per heavy atom. The Kier molecular flexibility index (Phi) is 6.86. The Morgan fingerprint density at radius 3 is 2.46 bits per heavy atom. The summed E-state index contributed by atoms with van der Waals surface area (Å²) < 4.78 is 15.3. The fourth-order valence-corrected chi connectivity index (χ4v) is 4.69. The second-order valence-corrected chi connectivity index (χ2v) is 9.04. The Hall–Kier alpha value is -4.26. The van der Waals surface area contributed by atoms with Crippen molar-refractivity contribution >= 4 is 11.6 Å². The van der Waals surface area contributed by atoms with Crippen LogP contribution in [-0.2, 0) is 30.6 Å². The number of nitrogens with one attached hydrogen (secondary N) is 1. The maximum atomic E-state index is 13.7. The number of fused-ring (bicyclic) bond motifs is 2. The van der Waals surface area contributed by atoms with Gasteiger partial charge in [0.2, 0.25) is 11.8 Å². The van der Waals surface area contributed by atoms with Crippen molar-refractivity contribution in [1.29, 1.82) is 0 Å². The highest BCUT2D eigenvalue weighted by molar-refractivity contribution is 5.90. The highest BCUT2D eigenvalue weighted by Gasteiger charge is 2.31. The molecule has 7 nitrogen and oxygen atoms in total. The van der Waals surface area contributed by atoms with Crippen molar-refractivity contribution in [1.82, 2.24) is 9.36 Å². The second kappa shape index (κ2) is 10.4. The Labute approximate surface area is 216 Å². The summed E-state index contributed by atoms with van der Waals surface area (Å²) in [6.07, 6.45) is 2.16. The molecule has 0 atom stereocenters. The molecule has 0 spiro atoms. The average Bonchev–Trinajstić information content (AvgIpc) is 3.18. The lowest BCUT2D eigenvalue weighted by Gasteiger charge is -2.21. The van der Waals surface area contributed by atoms with Gasteiger partial charge in [0, 0.05) is 17.7 Å². The topological polar surface area (TPSA) is 74.5 Å². The Bertz CT molecular complexity index is 1500. The minimum absolute atomic E-state index is 0.0947. The number of hydrogen-bond donors (Lipinski definition) is 1. The molecule has 0 saturated heterocycles. The van der Waals surface area contributed by atoms with E-state index in [4.69, 9.17) is 9.47 Å². The van der Waals surface area contributed by atoms with Crippen molar-refractivity contribution in [2.75, 3.05) is 11.9 Å². The summed E-state index contributed by atoms with van der Waals surface area (Å²) in [6.45, 7) is 6.46. The molecule has 1 N–H and O–H groups in total. The lowest BCUT2D eigenvalue weighted by Crippen LogP contribution is -2.27. The quantitative estimate of drug-likeness (QED) is 0.307. The van der Waals surface area contributed by atoms with E-state index in [-0.39, 0.29) is 18.0 Å². The first-order valence-electron chi connectivity index (χ1n) is 12.8. The van der Waals surface area contributed by atoms with E-state index in [1.807, 2.05) is 73.7 Å². The standard InChI is InChI=1S/C30H31N3O4/c1-4-20-13-15-24(16-14-20)33-29(35)25-18-22-10-8-12-26(36-6-3)28(22)37-30(25)32(33)19-27(34)31-23-11-7-9-21(5-2)17-23/h7-17H,4-6,18-19H2,1-3H3,(H,31,34). The first kappa shape index (κ1) is 24.4. The molecule has 2 heterocycles. The third-order valence-corrected chi connectivity index (χ3v) is 6.61. The van der Waals surface area contributed by atoms with Gasteiger partial charge in [0.25, 0.3) is 5.56 Å². The van der Waals surface area contributed by atoms with Gasteiger partial charge in [0.15, 0.2) is 11.5 Å². The van der Waals surface area contributed by atoms with Gasteiger partial charge in [-0.1, -0.05) is 50.2 Å². The number of amides is 1. The number of carbonyl (C=O) groups is 1. The summed E-state index contributed by atoms with van der Waals surface area (Å²) in [5.41, 5.74) is 4.88. The monoisotopic (exact) mass is 497 g/mol. The fourth-order valence-electron chi connectivity index (χ4n) is 4.69. The molecule has 190 valence electrons. The number of carbonyl (C=O) groups excluding carboxylic acids is 1. The number of para-hydroxylation sites is 1. The van der Waals surface area contributed by atoms with E-state index in [0.717, 1.165) is 29.7 Å². The highest BCUT2D eigenvalue weighted by Crippen LogP contribution is 2.42. The number of anilines is 1. The van der Waals surface area contributed by atoms with Crippen molar-refractivity contribution < 1.29 is 14.3 Å². The third kappa shape index (κ3) is 4.77. The van der Waals surface area contributed by atoms with Crippen LogP contribution in [0.2, 0.25) is 0 Å². The van der Waals surface area contributed by atoms with Crippen molar-refractivity contribution in [3.05, 3.63) is 99.3 Å². The smallest absolute Gasteiger partial charge is 0.278 e. The summed E-state index contributed by atoms with van der Waals surface area (Å²) in [5, 5.41) is 2.97. The van der Waals surface area contributed by atoms with E-state index in [0.29, 0.717) is 41.7 Å². The van der Waals surface area contributed by atoms with Crippen molar-refractivity contribution in [2.24, 2.45) is 0 Å². The zero-order valence-electron chi connectivity index (χ0n) is 21.4. The van der Waals surface area contributed by atoms with Crippen LogP contribution in [0, 0.1) is 0 Å². The maximum absolute atomic E-state index is 13.7. The summed E-state index contributed by atoms with van der Waals surface area (Å²) in [5.74, 6) is 1.31. The third-order valence-electron chi connectivity index (χ3n) is 6.61. The van der Waals surface area contributed by atoms with E-state index in [2.05, 4.69) is 19.2 Å². The molecule has 0 saturated carbocycles. The number of aryl methyl sites for hydroxylation is 2. The molecule has 0 bridgehead atoms. The number of nitrogens with zero attached hydrogens (tertiary/aromatic N) is 2. The summed E-state index contributed by atoms with van der Waals surface area (Å²) in [7, 11) is 0. The molecule has 1 aromatic heterocycles. The zero-order chi connectivity index (χ0) is 25.9. The van der Waals surface area contributed by atoms with Gasteiger partial charge >= 0.3 is 0 Å². The molecule has 7 heteroatoms. The molecule has 5 rings (SSSR count). The van der Waals surface area contributed by atoms with Crippen LogP contribution in [0.15, 0.2) is 71.5 Å². The largest absolute Gasteiger partial charge is 0.490 e. The highest BCUT2D eigenvalue weighted by atomic mass is 16.5. The van der Waals surface area contributed by atoms with Crippen LogP contribution >= 0.6 is 0 Å². The molecule has 37 heavy (non-hydrogen) atoms. The fraction of sp³-hybridized carbons (Fsp3) is 0.267. The van der Waals surface area contributed by atoms with Crippen LogP contribution in [0.5, 0.6) is 17.4 Å². The van der Waals surface area contributed by atoms with E-state index in [1.54, 1.807) is 9.36 Å². The van der Waals surface area contributed by atoms with Crippen LogP contribution in [0.25, 0.3) is 5.69 Å². The van der Waals surface area contributed by atoms with E-state index < -0.39 is 0 Å². The summed E-state index contributed by atoms with van der Waals surface area (Å²) >= 11 is 0. The molecule has 1 aliphatic heterocycles. The van der Waals surface area contributed by atoms with Crippen molar-refractivity contribution in [3.63, 3.8) is 0 Å². The average molecular weight is 498 g/mol. The van der Waals surface area contributed by atoms with Crippen LogP contribution in [0.1, 0.15) is 43.0 Å². The van der Waals surface area contributed by atoms with Gasteiger partial charge in [-0.15, -0.1) is 0 Å². The molecule has 0 fully saturated rings. The van der Waals surface area contributed by atoms with Gasteiger partial charge < -0.3 is 14.8 Å². The number of hydrogen-bond acceptors (Lipinski definition) is 4. The first-order valence-corrected chi connectivity index (χ1v) is 12.8. The number of rotatable bonds is 8. The minimum atomic E-state index is -0.252. The van der Waals surface area contributed by atoms with Gasteiger partial charge in [-0.05, 0) is 61.2 Å². The predicted octanol–water partition coefficient (Wildman–Crippen LogP) is 5.50. The van der Waals surface area contributed by atoms with Crippen molar-refractivity contribution in [3.8, 4) is 23.1 Å². The van der Waals surface area contributed by atoms with Crippen LogP contribution < -0.4 is 20.3 Å². The van der Waals surface area contributed by atoms with Gasteiger partial charge in [0.1, 0.15) is 6.54 Å². The minimum Gasteiger partial charge on any atom is -0.490 e. The van der Waals surface area contributed by atoms with Gasteiger partial charge in [-0.25, -0.2) is 9.36 Å². The SMILES string of the molecule is CCOc1cccc2c1Oc1c(c(=O)n(-c3ccc(CC)cc3)n1CC(=O)Nc1cccc(CC)c1)C2. The molecular weight excluding hydrogens is 466 g/mol. The normalized spacial score (nSPS) is 11.9. The molecular formula is C30H31N3O4. The van der Waals surface area contributed by atoms with Gasteiger partial charge in [-0.2, -0.15) is 0 Å². The Balaban J connectivity index is 1.57. The number of benzene rings is 3. The number of aromatic nitrogens is 2. The second-order valence-electron chi connectivity index (χ2n) is 9.04. The molecule has 0 aliphatic carbocycles. The maximum Gasteiger partial charge on any atom is 0.278 e. The molecule has 1 amide bonds. The number of ether oxygens (including phenoxy) is 2. The van der Waals surface area contributed by atoms with Crippen LogP contribution in [-0.4, -0.2) is 21.9 Å². The van der Waals surface area contributed by atoms with Gasteiger partial charge in [0.05, 0.1) is 17.9 Å². The molecule has 1 aliphatic rings. The lowest BCUT2D eigenvalue weighted by molar-refractivity contribution is -0.117. The van der Waals surface area contributed by atoms with E-state index in [1.165, 1.54) is 5.56 Å². The van der Waals surface area contributed by atoms with Crippen molar-refractivity contribution in [2.45, 2.75) is 46.6 Å². The van der Waals surface area contributed by atoms with E-state index in [9.17, 15) is 9.59 Å². The summed E-state index contributed by atoms with van der Waals surface area (Å²) in [6, 6.07) is 21.3. The Morgan fingerprint density at radius 1 is 0.973 bits per heavy atom. The molecule has 0 unspecified atom stereocenters. The summed E-state index contributed by atoms with van der Waals surface area (Å²) in [4.78, 5) is 27.0. The molecule has 3 aromatic carbocycles. The van der Waals surface area contributed by atoms with E-state index >= 15 is 0 Å². The van der Waals surface area contributed by atoms with Crippen LogP contribution in [0.4, 0.5) is 5.69 Å². The van der Waals surface area contributed by atoms with Gasteiger partial charge in [-0.3, -0.25) is 9.59 Å². The molecule has 4 aromatic rings. The predicted molar refractivity (Wildman–Crippen MR) is 144 cm³/mol. The van der Waals surface area contributed by atoms with Crippen LogP contribution in [0.3, 0.4) is 0 Å². The first-order chi connectivity index (χ1) is 18.0.